The maximum Gasteiger partial charge on any atom is 0.222 e. The molecule has 35 heavy (non-hydrogen) atoms. The van der Waals surface area contributed by atoms with Gasteiger partial charge in [-0.05, 0) is 85.8 Å². The van der Waals surface area contributed by atoms with E-state index in [1.165, 1.54) is 0 Å². The zero-order valence-electron chi connectivity index (χ0n) is 20.4. The molecular weight excluding hydrogens is 438 g/mol. The van der Waals surface area contributed by atoms with Crippen molar-refractivity contribution in [3.8, 4) is 33.9 Å². The number of ether oxygens (including phenoxy) is 2. The van der Waals surface area contributed by atoms with Crippen LogP contribution >= 0.6 is 0 Å². The smallest absolute Gasteiger partial charge is 0.222 e. The molecular formula is C29H31N3O3. The van der Waals surface area contributed by atoms with E-state index in [2.05, 4.69) is 28.8 Å². The van der Waals surface area contributed by atoms with Crippen molar-refractivity contribution >= 4 is 11.6 Å². The molecule has 0 saturated carbocycles. The van der Waals surface area contributed by atoms with Crippen LogP contribution in [-0.2, 0) is 11.2 Å². The second-order valence-electron chi connectivity index (χ2n) is 8.83. The molecule has 1 saturated heterocycles. The van der Waals surface area contributed by atoms with Gasteiger partial charge in [-0.3, -0.25) is 4.79 Å². The maximum absolute atomic E-state index is 12.9. The molecule has 180 valence electrons. The van der Waals surface area contributed by atoms with E-state index in [0.29, 0.717) is 19.4 Å². The third-order valence-electron chi connectivity index (χ3n) is 6.59. The van der Waals surface area contributed by atoms with E-state index in [4.69, 9.17) is 14.5 Å². The van der Waals surface area contributed by atoms with E-state index in [9.17, 15) is 4.79 Å². The Hall–Kier alpha value is -3.80. The highest BCUT2D eigenvalue weighted by Gasteiger charge is 2.21. The topological polar surface area (TPSA) is 56.1 Å². The molecule has 2 aromatic heterocycles. The number of amides is 1. The largest absolute Gasteiger partial charge is 0.497 e. The van der Waals surface area contributed by atoms with Crippen LogP contribution in [0.15, 0.2) is 66.9 Å². The predicted octanol–water partition coefficient (Wildman–Crippen LogP) is 5.63. The summed E-state index contributed by atoms with van der Waals surface area (Å²) in [6.07, 6.45) is 5.42. The quantitative estimate of drug-likeness (QED) is 0.336. The molecule has 1 aliphatic rings. The highest BCUT2D eigenvalue weighted by molar-refractivity contribution is 5.77. The van der Waals surface area contributed by atoms with Gasteiger partial charge in [-0.2, -0.15) is 0 Å². The number of benzene rings is 2. The van der Waals surface area contributed by atoms with Gasteiger partial charge in [-0.25, -0.2) is 4.98 Å². The molecule has 5 rings (SSSR count). The first-order chi connectivity index (χ1) is 17.2. The fourth-order valence-electron chi connectivity index (χ4n) is 4.77. The van der Waals surface area contributed by atoms with Crippen LogP contribution in [0.3, 0.4) is 0 Å². The standard InChI is InChI=1S/C29H31N3O3/c1-3-35-25-8-6-7-22(19-25)23-11-15-27-30-29(21-9-12-24(34-2)13-10-21)26(32(27)20-23)14-16-28(33)31-17-4-5-18-31/h6-13,15,19-20H,3-5,14,16-18H2,1-2H3. The first-order valence-electron chi connectivity index (χ1n) is 12.3. The van der Waals surface area contributed by atoms with Crippen molar-refractivity contribution in [1.82, 2.24) is 14.3 Å². The summed E-state index contributed by atoms with van der Waals surface area (Å²) >= 11 is 0. The zero-order valence-corrected chi connectivity index (χ0v) is 20.4. The number of hydrogen-bond acceptors (Lipinski definition) is 4. The van der Waals surface area contributed by atoms with Crippen LogP contribution in [0.25, 0.3) is 28.0 Å². The van der Waals surface area contributed by atoms with E-state index >= 15 is 0 Å². The Balaban J connectivity index is 1.55. The van der Waals surface area contributed by atoms with Crippen molar-refractivity contribution in [1.29, 1.82) is 0 Å². The van der Waals surface area contributed by atoms with Crippen molar-refractivity contribution in [2.24, 2.45) is 0 Å². The van der Waals surface area contributed by atoms with Gasteiger partial charge in [0.15, 0.2) is 0 Å². The van der Waals surface area contributed by atoms with E-state index in [1.54, 1.807) is 7.11 Å². The molecule has 0 unspecified atom stereocenters. The highest BCUT2D eigenvalue weighted by Crippen LogP contribution is 2.30. The van der Waals surface area contributed by atoms with Gasteiger partial charge in [0.25, 0.3) is 0 Å². The van der Waals surface area contributed by atoms with E-state index < -0.39 is 0 Å². The Labute approximate surface area is 206 Å². The molecule has 6 nitrogen and oxygen atoms in total. The molecule has 0 atom stereocenters. The lowest BCUT2D eigenvalue weighted by atomic mass is 10.1. The van der Waals surface area contributed by atoms with E-state index in [-0.39, 0.29) is 5.91 Å². The van der Waals surface area contributed by atoms with Gasteiger partial charge in [-0.15, -0.1) is 0 Å². The number of aromatic nitrogens is 2. The van der Waals surface area contributed by atoms with Crippen molar-refractivity contribution in [3.05, 3.63) is 72.6 Å². The van der Waals surface area contributed by atoms with E-state index in [0.717, 1.165) is 71.2 Å². The number of imidazole rings is 1. The average Bonchev–Trinajstić information content (AvgIpc) is 3.56. The summed E-state index contributed by atoms with van der Waals surface area (Å²) in [6, 6.07) is 20.2. The Morgan fingerprint density at radius 3 is 2.46 bits per heavy atom. The monoisotopic (exact) mass is 469 g/mol. The maximum atomic E-state index is 12.9. The van der Waals surface area contributed by atoms with Crippen molar-refractivity contribution < 1.29 is 14.3 Å². The highest BCUT2D eigenvalue weighted by atomic mass is 16.5. The number of rotatable bonds is 8. The molecule has 6 heteroatoms. The second kappa shape index (κ2) is 10.2. The predicted molar refractivity (Wildman–Crippen MR) is 138 cm³/mol. The summed E-state index contributed by atoms with van der Waals surface area (Å²) in [5.41, 5.74) is 5.98. The minimum Gasteiger partial charge on any atom is -0.497 e. The van der Waals surface area contributed by atoms with Gasteiger partial charge < -0.3 is 18.8 Å². The average molecular weight is 470 g/mol. The van der Waals surface area contributed by atoms with Gasteiger partial charge in [0.1, 0.15) is 17.1 Å². The van der Waals surface area contributed by atoms with Gasteiger partial charge >= 0.3 is 0 Å². The number of methoxy groups -OCH3 is 1. The number of pyridine rings is 1. The SMILES string of the molecule is CCOc1cccc(-c2ccc3nc(-c4ccc(OC)cc4)c(CCC(=O)N4CCCC4)n3c2)c1. The number of likely N-dealkylation sites (tertiary alicyclic amines) is 1. The third-order valence-corrected chi connectivity index (χ3v) is 6.59. The molecule has 1 amide bonds. The number of hydrogen-bond donors (Lipinski definition) is 0. The van der Waals surface area contributed by atoms with Gasteiger partial charge in [0, 0.05) is 31.3 Å². The number of carbonyl (C=O) groups is 1. The summed E-state index contributed by atoms with van der Waals surface area (Å²) < 4.78 is 13.2. The van der Waals surface area contributed by atoms with Crippen LogP contribution in [-0.4, -0.2) is 47.0 Å². The number of fused-ring (bicyclic) bond motifs is 1. The molecule has 3 heterocycles. The van der Waals surface area contributed by atoms with Gasteiger partial charge in [-0.1, -0.05) is 12.1 Å². The summed E-state index contributed by atoms with van der Waals surface area (Å²) in [5.74, 6) is 1.88. The van der Waals surface area contributed by atoms with Crippen LogP contribution < -0.4 is 9.47 Å². The lowest BCUT2D eigenvalue weighted by Gasteiger charge is -2.15. The Kier molecular flexibility index (Phi) is 6.70. The zero-order chi connectivity index (χ0) is 24.2. The van der Waals surface area contributed by atoms with Crippen LogP contribution in [0.4, 0.5) is 0 Å². The van der Waals surface area contributed by atoms with Gasteiger partial charge in [0.05, 0.1) is 25.1 Å². The number of nitrogens with zero attached hydrogens (tertiary/aromatic N) is 3. The van der Waals surface area contributed by atoms with Crippen LogP contribution in [0.2, 0.25) is 0 Å². The van der Waals surface area contributed by atoms with Crippen molar-refractivity contribution in [3.63, 3.8) is 0 Å². The fourth-order valence-corrected chi connectivity index (χ4v) is 4.77. The first-order valence-corrected chi connectivity index (χ1v) is 12.3. The molecule has 0 spiro atoms. The molecule has 1 aliphatic heterocycles. The van der Waals surface area contributed by atoms with Crippen molar-refractivity contribution in [2.45, 2.75) is 32.6 Å². The molecule has 0 bridgehead atoms. The minimum atomic E-state index is 0.221. The van der Waals surface area contributed by atoms with Crippen molar-refractivity contribution in [2.75, 3.05) is 26.8 Å². The minimum absolute atomic E-state index is 0.221. The molecule has 0 radical (unpaired) electrons. The Morgan fingerprint density at radius 2 is 1.71 bits per heavy atom. The second-order valence-corrected chi connectivity index (χ2v) is 8.83. The van der Waals surface area contributed by atoms with Crippen LogP contribution in [0, 0.1) is 0 Å². The first kappa shape index (κ1) is 23.0. The normalized spacial score (nSPS) is 13.4. The van der Waals surface area contributed by atoms with Crippen LogP contribution in [0.5, 0.6) is 11.5 Å². The van der Waals surface area contributed by atoms with Crippen LogP contribution in [0.1, 0.15) is 31.9 Å². The number of carbonyl (C=O) groups excluding carboxylic acids is 1. The summed E-state index contributed by atoms with van der Waals surface area (Å²) in [5, 5.41) is 0. The molecule has 0 N–H and O–H groups in total. The Morgan fingerprint density at radius 1 is 0.943 bits per heavy atom. The van der Waals surface area contributed by atoms with Gasteiger partial charge in [0.2, 0.25) is 5.91 Å². The summed E-state index contributed by atoms with van der Waals surface area (Å²) in [6.45, 7) is 4.36. The number of aryl methyl sites for hydroxylation is 1. The summed E-state index contributed by atoms with van der Waals surface area (Å²) in [7, 11) is 1.66. The molecule has 0 aliphatic carbocycles. The summed E-state index contributed by atoms with van der Waals surface area (Å²) in [4.78, 5) is 19.8. The molecule has 1 fully saturated rings. The lowest BCUT2D eigenvalue weighted by molar-refractivity contribution is -0.130. The molecule has 2 aromatic carbocycles. The molecule has 4 aromatic rings. The Bertz CT molecular complexity index is 1320. The van der Waals surface area contributed by atoms with E-state index in [1.807, 2.05) is 54.3 Å². The fraction of sp³-hybridized carbons (Fsp3) is 0.310. The lowest BCUT2D eigenvalue weighted by Crippen LogP contribution is -2.27. The third kappa shape index (κ3) is 4.87.